The van der Waals surface area contributed by atoms with Gasteiger partial charge in [0, 0.05) is 11.6 Å². The average molecular weight is 299 g/mol. The molecule has 0 aromatic rings. The Kier molecular flexibility index (Phi) is 8.84. The second-order valence-corrected chi connectivity index (χ2v) is 7.27. The van der Waals surface area contributed by atoms with Crippen molar-refractivity contribution in [1.29, 1.82) is 0 Å². The normalized spacial score (nSPS) is 20.9. The van der Waals surface area contributed by atoms with E-state index < -0.39 is 0 Å². The zero-order chi connectivity index (χ0) is 15.7. The van der Waals surface area contributed by atoms with Gasteiger partial charge in [0.2, 0.25) is 0 Å². The highest BCUT2D eigenvalue weighted by Crippen LogP contribution is 2.23. The molecule has 126 valence electrons. The van der Waals surface area contributed by atoms with Gasteiger partial charge in [-0.05, 0) is 57.7 Å². The highest BCUT2D eigenvalue weighted by molar-refractivity contribution is 4.88. The van der Waals surface area contributed by atoms with Gasteiger partial charge in [0.1, 0.15) is 0 Å². The van der Waals surface area contributed by atoms with Crippen molar-refractivity contribution in [3.8, 4) is 0 Å². The van der Waals surface area contributed by atoms with Crippen molar-refractivity contribution in [3.05, 3.63) is 0 Å². The van der Waals surface area contributed by atoms with Crippen LogP contribution in [0.4, 0.5) is 0 Å². The third-order valence-corrected chi connectivity index (χ3v) is 5.11. The van der Waals surface area contributed by atoms with Gasteiger partial charge in [0.25, 0.3) is 0 Å². The fraction of sp³-hybridized carbons (Fsp3) is 1.00. The fourth-order valence-electron chi connectivity index (χ4n) is 3.75. The minimum absolute atomic E-state index is 0.0747. The minimum Gasteiger partial charge on any atom is -0.394 e. The maximum atomic E-state index is 9.78. The molecule has 0 spiro atoms. The lowest BCUT2D eigenvalue weighted by molar-refractivity contribution is 0.123. The van der Waals surface area contributed by atoms with Gasteiger partial charge in [-0.25, -0.2) is 0 Å². The van der Waals surface area contributed by atoms with Crippen LogP contribution in [0.5, 0.6) is 0 Å². The summed E-state index contributed by atoms with van der Waals surface area (Å²) >= 11 is 0. The van der Waals surface area contributed by atoms with Gasteiger partial charge in [-0.2, -0.15) is 0 Å². The molecule has 0 aromatic heterocycles. The van der Waals surface area contributed by atoms with Gasteiger partial charge in [0.15, 0.2) is 0 Å². The van der Waals surface area contributed by atoms with Crippen LogP contribution in [-0.2, 0) is 0 Å². The van der Waals surface area contributed by atoms with Crippen LogP contribution < -0.4 is 5.32 Å². The summed E-state index contributed by atoms with van der Waals surface area (Å²) in [4.78, 5) is 2.62. The molecule has 1 saturated heterocycles. The molecule has 1 atom stereocenters. The van der Waals surface area contributed by atoms with Gasteiger partial charge in [-0.15, -0.1) is 0 Å². The van der Waals surface area contributed by atoms with Crippen LogP contribution in [0, 0.1) is 5.92 Å². The molecule has 2 N–H and O–H groups in total. The van der Waals surface area contributed by atoms with Crippen molar-refractivity contribution >= 4 is 0 Å². The maximum absolute atomic E-state index is 9.78. The summed E-state index contributed by atoms with van der Waals surface area (Å²) in [5.74, 6) is 0.973. The summed E-state index contributed by atoms with van der Waals surface area (Å²) in [5, 5.41) is 13.4. The van der Waals surface area contributed by atoms with Crippen LogP contribution >= 0.6 is 0 Å². The topological polar surface area (TPSA) is 35.5 Å². The van der Waals surface area contributed by atoms with Gasteiger partial charge in [-0.1, -0.05) is 40.5 Å². The van der Waals surface area contributed by atoms with Crippen LogP contribution in [-0.4, -0.2) is 47.8 Å². The number of likely N-dealkylation sites (tertiary alicyclic amines) is 1. The van der Waals surface area contributed by atoms with Crippen LogP contribution in [0.15, 0.2) is 0 Å². The highest BCUT2D eigenvalue weighted by Gasteiger charge is 2.27. The molecule has 0 amide bonds. The SMILES string of the molecule is CCCC1CCN(CCCC(CC)(CO)NC(C)C)CC1. The Labute approximate surface area is 132 Å². The van der Waals surface area contributed by atoms with Crippen molar-refractivity contribution in [2.24, 2.45) is 5.92 Å². The summed E-state index contributed by atoms with van der Waals surface area (Å²) in [6.07, 6.45) is 8.78. The average Bonchev–Trinajstić information content (AvgIpc) is 2.48. The maximum Gasteiger partial charge on any atom is 0.0613 e. The lowest BCUT2D eigenvalue weighted by Crippen LogP contribution is -2.51. The van der Waals surface area contributed by atoms with Gasteiger partial charge >= 0.3 is 0 Å². The van der Waals surface area contributed by atoms with E-state index in [2.05, 4.69) is 37.9 Å². The molecule has 1 aliphatic rings. The number of piperidine rings is 1. The van der Waals surface area contributed by atoms with Crippen molar-refractivity contribution in [1.82, 2.24) is 10.2 Å². The molecule has 3 nitrogen and oxygen atoms in total. The Morgan fingerprint density at radius 2 is 1.90 bits per heavy atom. The Morgan fingerprint density at radius 3 is 2.38 bits per heavy atom. The second-order valence-electron chi connectivity index (χ2n) is 7.27. The predicted molar refractivity (Wildman–Crippen MR) is 91.7 cm³/mol. The van der Waals surface area contributed by atoms with E-state index in [-0.39, 0.29) is 12.1 Å². The molecule has 0 saturated carbocycles. The number of hydrogen-bond acceptors (Lipinski definition) is 3. The van der Waals surface area contributed by atoms with E-state index in [0.29, 0.717) is 6.04 Å². The zero-order valence-electron chi connectivity index (χ0n) is 14.8. The largest absolute Gasteiger partial charge is 0.394 e. The Balaban J connectivity index is 2.28. The molecule has 1 unspecified atom stereocenters. The van der Waals surface area contributed by atoms with Crippen LogP contribution in [0.2, 0.25) is 0 Å². The summed E-state index contributed by atoms with van der Waals surface area (Å²) in [5.41, 5.74) is -0.0747. The summed E-state index contributed by atoms with van der Waals surface area (Å²) < 4.78 is 0. The summed E-state index contributed by atoms with van der Waals surface area (Å²) in [6, 6.07) is 0.432. The first kappa shape index (κ1) is 18.9. The lowest BCUT2D eigenvalue weighted by Gasteiger charge is -2.36. The predicted octanol–water partition coefficient (Wildman–Crippen LogP) is 3.42. The van der Waals surface area contributed by atoms with E-state index in [1.54, 1.807) is 0 Å². The molecule has 21 heavy (non-hydrogen) atoms. The van der Waals surface area contributed by atoms with Crippen molar-refractivity contribution < 1.29 is 5.11 Å². The molecule has 0 bridgehead atoms. The monoisotopic (exact) mass is 298 g/mol. The molecule has 1 heterocycles. The smallest absolute Gasteiger partial charge is 0.0613 e. The molecular weight excluding hydrogens is 260 g/mol. The Hall–Kier alpha value is -0.120. The van der Waals surface area contributed by atoms with E-state index in [0.717, 1.165) is 18.8 Å². The molecule has 0 radical (unpaired) electrons. The number of nitrogens with one attached hydrogen (secondary N) is 1. The van der Waals surface area contributed by atoms with Crippen molar-refractivity contribution in [3.63, 3.8) is 0 Å². The Morgan fingerprint density at radius 1 is 1.24 bits per heavy atom. The van der Waals surface area contributed by atoms with E-state index >= 15 is 0 Å². The van der Waals surface area contributed by atoms with Crippen LogP contribution in [0.25, 0.3) is 0 Å². The highest BCUT2D eigenvalue weighted by atomic mass is 16.3. The minimum atomic E-state index is -0.0747. The van der Waals surface area contributed by atoms with E-state index in [9.17, 15) is 5.11 Å². The standard InChI is InChI=1S/C18H38N2O/c1-5-8-17-9-13-20(14-10-17)12-7-11-18(6-2,15-21)19-16(3)4/h16-17,19,21H,5-15H2,1-4H3. The van der Waals surface area contributed by atoms with Gasteiger partial charge < -0.3 is 15.3 Å². The van der Waals surface area contributed by atoms with Gasteiger partial charge in [-0.3, -0.25) is 0 Å². The fourth-order valence-corrected chi connectivity index (χ4v) is 3.75. The number of aliphatic hydroxyl groups is 1. The van der Waals surface area contributed by atoms with Crippen molar-refractivity contribution in [2.45, 2.75) is 84.2 Å². The van der Waals surface area contributed by atoms with E-state index in [4.69, 9.17) is 0 Å². The van der Waals surface area contributed by atoms with E-state index in [1.165, 1.54) is 51.7 Å². The van der Waals surface area contributed by atoms with Crippen LogP contribution in [0.3, 0.4) is 0 Å². The molecule has 0 aliphatic carbocycles. The number of nitrogens with zero attached hydrogens (tertiary/aromatic N) is 1. The molecule has 1 fully saturated rings. The summed E-state index contributed by atoms with van der Waals surface area (Å²) in [7, 11) is 0. The second kappa shape index (κ2) is 9.81. The first-order valence-electron chi connectivity index (χ1n) is 9.16. The molecule has 0 aromatic carbocycles. The summed E-state index contributed by atoms with van der Waals surface area (Å²) in [6.45, 7) is 12.8. The lowest BCUT2D eigenvalue weighted by atomic mass is 9.89. The number of hydrogen-bond donors (Lipinski definition) is 2. The van der Waals surface area contributed by atoms with Gasteiger partial charge in [0.05, 0.1) is 6.61 Å². The first-order valence-corrected chi connectivity index (χ1v) is 9.16. The zero-order valence-corrected chi connectivity index (χ0v) is 14.8. The number of aliphatic hydroxyl groups excluding tert-OH is 1. The third kappa shape index (κ3) is 6.66. The third-order valence-electron chi connectivity index (χ3n) is 5.11. The molecule has 3 heteroatoms. The van der Waals surface area contributed by atoms with Crippen LogP contribution in [0.1, 0.15) is 72.6 Å². The first-order chi connectivity index (χ1) is 10.0. The quantitative estimate of drug-likeness (QED) is 0.649. The molecule has 1 rings (SSSR count). The van der Waals surface area contributed by atoms with E-state index in [1.807, 2.05) is 0 Å². The molecular formula is C18H38N2O. The molecule has 1 aliphatic heterocycles. The van der Waals surface area contributed by atoms with Crippen molar-refractivity contribution in [2.75, 3.05) is 26.2 Å². The Bertz CT molecular complexity index is 256. The number of rotatable bonds is 10.